The molecule has 0 radical (unpaired) electrons. The molecule has 21 heavy (non-hydrogen) atoms. The van der Waals surface area contributed by atoms with Gasteiger partial charge < -0.3 is 11.1 Å². The summed E-state index contributed by atoms with van der Waals surface area (Å²) in [6.07, 6.45) is 0. The van der Waals surface area contributed by atoms with E-state index in [1.807, 2.05) is 55.3 Å². The van der Waals surface area contributed by atoms with Gasteiger partial charge in [0.1, 0.15) is 0 Å². The van der Waals surface area contributed by atoms with Crippen LogP contribution in [0.5, 0.6) is 0 Å². The molecule has 0 unspecified atom stereocenters. The molecule has 0 fully saturated rings. The van der Waals surface area contributed by atoms with Crippen LogP contribution >= 0.6 is 0 Å². The van der Waals surface area contributed by atoms with E-state index >= 15 is 0 Å². The Kier molecular flexibility index (Phi) is 4.95. The number of nitrogens with two attached hydrogens (primary N) is 1. The highest BCUT2D eigenvalue weighted by atomic mass is 16.2. The molecule has 2 rings (SSSR count). The van der Waals surface area contributed by atoms with Gasteiger partial charge >= 0.3 is 0 Å². The van der Waals surface area contributed by atoms with Crippen molar-refractivity contribution >= 4 is 17.3 Å². The zero-order chi connectivity index (χ0) is 15.2. The molecule has 0 aromatic heterocycles. The van der Waals surface area contributed by atoms with Gasteiger partial charge in [-0.15, -0.1) is 0 Å². The van der Waals surface area contributed by atoms with Crippen molar-refractivity contribution in [3.8, 4) is 0 Å². The van der Waals surface area contributed by atoms with E-state index in [9.17, 15) is 4.79 Å². The lowest BCUT2D eigenvalue weighted by Crippen LogP contribution is -2.30. The summed E-state index contributed by atoms with van der Waals surface area (Å²) in [7, 11) is 1.93. The molecule has 0 saturated heterocycles. The Morgan fingerprint density at radius 1 is 1.14 bits per heavy atom. The van der Waals surface area contributed by atoms with Crippen LogP contribution in [0.1, 0.15) is 11.1 Å². The smallest absolute Gasteiger partial charge is 0.238 e. The fourth-order valence-corrected chi connectivity index (χ4v) is 2.17. The molecule has 1 amide bonds. The molecular formula is C17H21N3O. The van der Waals surface area contributed by atoms with Crippen LogP contribution in [-0.4, -0.2) is 24.4 Å². The number of rotatable bonds is 5. The van der Waals surface area contributed by atoms with E-state index in [1.54, 1.807) is 0 Å². The van der Waals surface area contributed by atoms with E-state index in [4.69, 9.17) is 5.73 Å². The average molecular weight is 283 g/mol. The lowest BCUT2D eigenvalue weighted by molar-refractivity contribution is -0.117. The molecule has 0 spiro atoms. The van der Waals surface area contributed by atoms with E-state index in [-0.39, 0.29) is 5.91 Å². The Hall–Kier alpha value is -2.33. The van der Waals surface area contributed by atoms with E-state index < -0.39 is 0 Å². The van der Waals surface area contributed by atoms with Crippen molar-refractivity contribution in [3.63, 3.8) is 0 Å². The zero-order valence-corrected chi connectivity index (χ0v) is 12.5. The summed E-state index contributed by atoms with van der Waals surface area (Å²) >= 11 is 0. The molecule has 0 aliphatic rings. The number of benzene rings is 2. The van der Waals surface area contributed by atoms with Gasteiger partial charge in [0, 0.05) is 17.9 Å². The summed E-state index contributed by atoms with van der Waals surface area (Å²) in [5.74, 6) is -0.0397. The van der Waals surface area contributed by atoms with Crippen LogP contribution in [0.2, 0.25) is 0 Å². The predicted molar refractivity (Wildman–Crippen MR) is 87.0 cm³/mol. The first-order chi connectivity index (χ1) is 10.1. The first-order valence-corrected chi connectivity index (χ1v) is 6.93. The minimum atomic E-state index is -0.0397. The van der Waals surface area contributed by atoms with Crippen LogP contribution in [0.3, 0.4) is 0 Å². The summed E-state index contributed by atoms with van der Waals surface area (Å²) in [5.41, 5.74) is 9.38. The average Bonchev–Trinajstić information content (AvgIpc) is 2.44. The van der Waals surface area contributed by atoms with Gasteiger partial charge in [0.25, 0.3) is 0 Å². The van der Waals surface area contributed by atoms with Crippen molar-refractivity contribution in [1.29, 1.82) is 0 Å². The Labute approximate surface area is 125 Å². The van der Waals surface area contributed by atoms with Crippen LogP contribution in [0.4, 0.5) is 11.4 Å². The largest absolute Gasteiger partial charge is 0.398 e. The number of likely N-dealkylation sites (N-methyl/N-ethyl adjacent to an activating group) is 1. The molecule has 0 bridgehead atoms. The third kappa shape index (κ3) is 4.33. The number of carbonyl (C=O) groups excluding carboxylic acids is 1. The van der Waals surface area contributed by atoms with Crippen molar-refractivity contribution in [2.45, 2.75) is 13.5 Å². The summed E-state index contributed by atoms with van der Waals surface area (Å²) in [6.45, 7) is 2.98. The number of amides is 1. The van der Waals surface area contributed by atoms with Gasteiger partial charge in [-0.05, 0) is 37.2 Å². The fourth-order valence-electron chi connectivity index (χ4n) is 2.17. The van der Waals surface area contributed by atoms with Crippen LogP contribution in [-0.2, 0) is 11.3 Å². The molecule has 2 aromatic rings. The van der Waals surface area contributed by atoms with Crippen LogP contribution < -0.4 is 11.1 Å². The number of nitrogens with one attached hydrogen (secondary N) is 1. The summed E-state index contributed by atoms with van der Waals surface area (Å²) in [4.78, 5) is 14.1. The van der Waals surface area contributed by atoms with Crippen LogP contribution in [0.25, 0.3) is 0 Å². The number of anilines is 2. The minimum Gasteiger partial charge on any atom is -0.398 e. The first kappa shape index (κ1) is 15.1. The highest BCUT2D eigenvalue weighted by Crippen LogP contribution is 2.20. The second-order valence-corrected chi connectivity index (χ2v) is 5.23. The lowest BCUT2D eigenvalue weighted by Gasteiger charge is -2.17. The number of hydrogen-bond acceptors (Lipinski definition) is 3. The fraction of sp³-hybridized carbons (Fsp3) is 0.235. The van der Waals surface area contributed by atoms with Crippen LogP contribution in [0.15, 0.2) is 48.5 Å². The molecule has 4 nitrogen and oxygen atoms in total. The summed E-state index contributed by atoms with van der Waals surface area (Å²) < 4.78 is 0. The molecule has 4 heteroatoms. The van der Waals surface area contributed by atoms with Crippen molar-refractivity contribution in [2.75, 3.05) is 24.6 Å². The van der Waals surface area contributed by atoms with Gasteiger partial charge in [-0.3, -0.25) is 9.69 Å². The predicted octanol–water partition coefficient (Wildman–Crippen LogP) is 2.65. The Morgan fingerprint density at radius 3 is 2.57 bits per heavy atom. The Morgan fingerprint density at radius 2 is 1.86 bits per heavy atom. The molecule has 3 N–H and O–H groups in total. The maximum Gasteiger partial charge on any atom is 0.238 e. The molecule has 0 heterocycles. The minimum absolute atomic E-state index is 0.0397. The number of carbonyl (C=O) groups is 1. The molecule has 2 aromatic carbocycles. The molecule has 110 valence electrons. The van der Waals surface area contributed by atoms with Gasteiger partial charge in [0.05, 0.1) is 6.54 Å². The van der Waals surface area contributed by atoms with E-state index in [0.717, 1.165) is 17.8 Å². The van der Waals surface area contributed by atoms with Gasteiger partial charge in [-0.25, -0.2) is 0 Å². The Bertz CT molecular complexity index is 611. The van der Waals surface area contributed by atoms with Crippen molar-refractivity contribution in [3.05, 3.63) is 59.7 Å². The maximum atomic E-state index is 12.1. The second kappa shape index (κ2) is 6.90. The molecule has 0 saturated carbocycles. The third-order valence-corrected chi connectivity index (χ3v) is 3.36. The van der Waals surface area contributed by atoms with Crippen molar-refractivity contribution in [2.24, 2.45) is 0 Å². The first-order valence-electron chi connectivity index (χ1n) is 6.93. The monoisotopic (exact) mass is 283 g/mol. The van der Waals surface area contributed by atoms with Crippen molar-refractivity contribution in [1.82, 2.24) is 4.90 Å². The summed E-state index contributed by atoms with van der Waals surface area (Å²) in [5, 5.41) is 2.91. The maximum absolute atomic E-state index is 12.1. The summed E-state index contributed by atoms with van der Waals surface area (Å²) in [6, 6.07) is 15.6. The van der Waals surface area contributed by atoms with Crippen molar-refractivity contribution < 1.29 is 4.79 Å². The quantitative estimate of drug-likeness (QED) is 0.829. The lowest BCUT2D eigenvalue weighted by atomic mass is 10.1. The van der Waals surface area contributed by atoms with Gasteiger partial charge in [-0.1, -0.05) is 36.4 Å². The number of nitrogens with zero attached hydrogens (tertiary/aromatic N) is 1. The Balaban J connectivity index is 1.91. The highest BCUT2D eigenvalue weighted by molar-refractivity contribution is 5.93. The van der Waals surface area contributed by atoms with Gasteiger partial charge in [-0.2, -0.15) is 0 Å². The van der Waals surface area contributed by atoms with Gasteiger partial charge in [0.2, 0.25) is 5.91 Å². The number of nitrogen functional groups attached to an aromatic ring is 1. The van der Waals surface area contributed by atoms with Crippen LogP contribution in [0, 0.1) is 6.92 Å². The van der Waals surface area contributed by atoms with E-state index in [2.05, 4.69) is 17.4 Å². The third-order valence-electron chi connectivity index (χ3n) is 3.36. The van der Waals surface area contributed by atoms with Gasteiger partial charge in [0.15, 0.2) is 0 Å². The molecular weight excluding hydrogens is 262 g/mol. The van der Waals surface area contributed by atoms with E-state index in [1.165, 1.54) is 5.56 Å². The standard InChI is InChI=1S/C17H21N3O/c1-13-15(18)9-6-10-16(13)19-17(21)12-20(2)11-14-7-4-3-5-8-14/h3-10H,11-12,18H2,1-2H3,(H,19,21). The van der Waals surface area contributed by atoms with E-state index in [0.29, 0.717) is 12.2 Å². The SMILES string of the molecule is Cc1c(N)cccc1NC(=O)CN(C)Cc1ccccc1. The molecule has 0 aliphatic carbocycles. The molecule has 0 aliphatic heterocycles. The number of hydrogen-bond donors (Lipinski definition) is 2. The molecule has 0 atom stereocenters. The normalized spacial score (nSPS) is 10.6. The zero-order valence-electron chi connectivity index (χ0n) is 12.5. The topological polar surface area (TPSA) is 58.4 Å². The second-order valence-electron chi connectivity index (χ2n) is 5.23. The highest BCUT2D eigenvalue weighted by Gasteiger charge is 2.09.